The zero-order valence-electron chi connectivity index (χ0n) is 7.56. The molecule has 82 valence electrons. The Morgan fingerprint density at radius 2 is 1.93 bits per heavy atom. The summed E-state index contributed by atoms with van der Waals surface area (Å²) in [6.45, 7) is 0. The van der Waals surface area contributed by atoms with E-state index in [-0.39, 0.29) is 6.07 Å². The number of carbonyl (C=O) groups is 1. The van der Waals surface area contributed by atoms with Gasteiger partial charge in [-0.15, -0.1) is 0 Å². The van der Waals surface area contributed by atoms with Gasteiger partial charge < -0.3 is 4.74 Å². The Bertz CT molecular complexity index is 384. The Hall–Kier alpha value is -1.59. The number of carbonyl (C=O) groups excluding carboxylic acids is 1. The van der Waals surface area contributed by atoms with Crippen molar-refractivity contribution in [1.82, 2.24) is 0 Å². The highest BCUT2D eigenvalue weighted by Crippen LogP contribution is 2.30. The van der Waals surface area contributed by atoms with E-state index in [9.17, 15) is 22.4 Å². The second kappa shape index (κ2) is 3.88. The highest BCUT2D eigenvalue weighted by molar-refractivity contribution is 5.89. The van der Waals surface area contributed by atoms with Crippen molar-refractivity contribution in [2.75, 3.05) is 7.11 Å². The van der Waals surface area contributed by atoms with Gasteiger partial charge >= 0.3 is 12.1 Å². The van der Waals surface area contributed by atoms with Crippen molar-refractivity contribution in [3.63, 3.8) is 0 Å². The normalized spacial score (nSPS) is 11.3. The van der Waals surface area contributed by atoms with E-state index in [0.717, 1.165) is 13.2 Å². The van der Waals surface area contributed by atoms with Gasteiger partial charge in [-0.1, -0.05) is 0 Å². The largest absolute Gasteiger partial charge is 0.465 e. The van der Waals surface area contributed by atoms with Crippen molar-refractivity contribution >= 4 is 5.97 Å². The molecule has 1 rings (SSSR count). The number of hydrogen-bond acceptors (Lipinski definition) is 2. The first-order valence-corrected chi connectivity index (χ1v) is 3.81. The van der Waals surface area contributed by atoms with Crippen molar-refractivity contribution in [2.24, 2.45) is 0 Å². The van der Waals surface area contributed by atoms with Crippen molar-refractivity contribution in [3.8, 4) is 0 Å². The van der Waals surface area contributed by atoms with Crippen LogP contribution in [0.15, 0.2) is 18.2 Å². The van der Waals surface area contributed by atoms with E-state index in [1.54, 1.807) is 0 Å². The maximum absolute atomic E-state index is 13.0. The minimum Gasteiger partial charge on any atom is -0.465 e. The molecule has 6 heteroatoms. The van der Waals surface area contributed by atoms with Crippen LogP contribution in [0.5, 0.6) is 0 Å². The third-order valence-corrected chi connectivity index (χ3v) is 1.70. The van der Waals surface area contributed by atoms with Crippen LogP contribution in [0.1, 0.15) is 15.9 Å². The molecular weight excluding hydrogens is 216 g/mol. The number of esters is 1. The van der Waals surface area contributed by atoms with Gasteiger partial charge in [0, 0.05) is 0 Å². The minimum absolute atomic E-state index is 0.256. The second-order valence-electron chi connectivity index (χ2n) is 2.68. The van der Waals surface area contributed by atoms with Crippen LogP contribution in [-0.4, -0.2) is 13.1 Å². The Kier molecular flexibility index (Phi) is 2.97. The third kappa shape index (κ3) is 2.45. The number of halogens is 4. The van der Waals surface area contributed by atoms with Gasteiger partial charge in [0.1, 0.15) is 5.82 Å². The van der Waals surface area contributed by atoms with Crippen LogP contribution in [-0.2, 0) is 10.9 Å². The lowest BCUT2D eigenvalue weighted by atomic mass is 10.1. The average Bonchev–Trinajstić information content (AvgIpc) is 2.15. The lowest BCUT2D eigenvalue weighted by Gasteiger charge is -2.07. The fraction of sp³-hybridized carbons (Fsp3) is 0.222. The standard InChI is InChI=1S/C9H6F4O2/c1-15-8(14)6-3-2-5(4-7(6)10)9(11,12)13/h2-4H,1H3. The second-order valence-corrected chi connectivity index (χ2v) is 2.68. The molecule has 0 spiro atoms. The molecule has 0 saturated heterocycles. The SMILES string of the molecule is COC(=O)c1ccc(C(F)(F)F)cc1F. The monoisotopic (exact) mass is 222 g/mol. The predicted molar refractivity (Wildman–Crippen MR) is 42.7 cm³/mol. The fourth-order valence-corrected chi connectivity index (χ4v) is 0.967. The Balaban J connectivity index is 3.15. The molecule has 0 unspecified atom stereocenters. The van der Waals surface area contributed by atoms with E-state index in [1.165, 1.54) is 0 Å². The lowest BCUT2D eigenvalue weighted by Crippen LogP contribution is -2.09. The van der Waals surface area contributed by atoms with Crippen LogP contribution in [0.2, 0.25) is 0 Å². The zero-order chi connectivity index (χ0) is 11.6. The van der Waals surface area contributed by atoms with Crippen LogP contribution in [0.3, 0.4) is 0 Å². The molecule has 0 heterocycles. The molecular formula is C9H6F4O2. The van der Waals surface area contributed by atoms with E-state index in [4.69, 9.17) is 0 Å². The van der Waals surface area contributed by atoms with E-state index in [0.29, 0.717) is 6.07 Å². The smallest absolute Gasteiger partial charge is 0.416 e. The van der Waals surface area contributed by atoms with Crippen molar-refractivity contribution < 1.29 is 27.1 Å². The molecule has 0 saturated carbocycles. The van der Waals surface area contributed by atoms with E-state index in [2.05, 4.69) is 4.74 Å². The molecule has 0 aliphatic carbocycles. The van der Waals surface area contributed by atoms with E-state index >= 15 is 0 Å². The summed E-state index contributed by atoms with van der Waals surface area (Å²) in [5.41, 5.74) is -1.67. The summed E-state index contributed by atoms with van der Waals surface area (Å²) in [5, 5.41) is 0. The topological polar surface area (TPSA) is 26.3 Å². The zero-order valence-corrected chi connectivity index (χ0v) is 7.56. The maximum atomic E-state index is 13.0. The molecule has 0 radical (unpaired) electrons. The summed E-state index contributed by atoms with van der Waals surface area (Å²) in [4.78, 5) is 10.9. The van der Waals surface area contributed by atoms with Gasteiger partial charge in [0.2, 0.25) is 0 Å². The van der Waals surface area contributed by atoms with Crippen LogP contribution in [0, 0.1) is 5.82 Å². The predicted octanol–water partition coefficient (Wildman–Crippen LogP) is 2.63. The Morgan fingerprint density at radius 1 is 1.33 bits per heavy atom. The molecule has 0 amide bonds. The molecule has 0 atom stereocenters. The summed E-state index contributed by atoms with van der Waals surface area (Å²) in [6, 6.07) is 1.62. The van der Waals surface area contributed by atoms with Gasteiger partial charge in [-0.25, -0.2) is 9.18 Å². The number of alkyl halides is 3. The molecule has 2 nitrogen and oxygen atoms in total. The van der Waals surface area contributed by atoms with Gasteiger partial charge in [0.15, 0.2) is 0 Å². The molecule has 0 bridgehead atoms. The Morgan fingerprint density at radius 3 is 2.33 bits per heavy atom. The van der Waals surface area contributed by atoms with Crippen LogP contribution < -0.4 is 0 Å². The number of methoxy groups -OCH3 is 1. The minimum atomic E-state index is -4.63. The molecule has 1 aromatic carbocycles. The molecule has 0 aromatic heterocycles. The molecule has 1 aromatic rings. The first-order valence-electron chi connectivity index (χ1n) is 3.81. The summed E-state index contributed by atoms with van der Waals surface area (Å²) >= 11 is 0. The first-order chi connectivity index (χ1) is 6.86. The van der Waals surface area contributed by atoms with Gasteiger partial charge in [0.25, 0.3) is 0 Å². The summed E-state index contributed by atoms with van der Waals surface area (Å²) in [5.74, 6) is -2.27. The van der Waals surface area contributed by atoms with E-state index in [1.807, 2.05) is 0 Å². The Labute approximate surface area is 82.5 Å². The maximum Gasteiger partial charge on any atom is 0.416 e. The first kappa shape index (κ1) is 11.5. The summed E-state index contributed by atoms with van der Waals surface area (Å²) in [7, 11) is 1.01. The van der Waals surface area contributed by atoms with Gasteiger partial charge in [-0.2, -0.15) is 13.2 Å². The van der Waals surface area contributed by atoms with Crippen LogP contribution in [0.25, 0.3) is 0 Å². The van der Waals surface area contributed by atoms with Crippen molar-refractivity contribution in [1.29, 1.82) is 0 Å². The lowest BCUT2D eigenvalue weighted by molar-refractivity contribution is -0.137. The van der Waals surface area contributed by atoms with Crippen molar-refractivity contribution in [2.45, 2.75) is 6.18 Å². The van der Waals surface area contributed by atoms with Gasteiger partial charge in [-0.3, -0.25) is 0 Å². The number of hydrogen-bond donors (Lipinski definition) is 0. The summed E-state index contributed by atoms with van der Waals surface area (Å²) < 4.78 is 53.5. The summed E-state index contributed by atoms with van der Waals surface area (Å²) in [6.07, 6.45) is -4.63. The highest BCUT2D eigenvalue weighted by Gasteiger charge is 2.31. The highest BCUT2D eigenvalue weighted by atomic mass is 19.4. The van der Waals surface area contributed by atoms with E-state index < -0.39 is 29.1 Å². The quantitative estimate of drug-likeness (QED) is 0.539. The molecule has 0 fully saturated rings. The number of rotatable bonds is 1. The number of ether oxygens (including phenoxy) is 1. The van der Waals surface area contributed by atoms with Crippen LogP contribution in [0.4, 0.5) is 17.6 Å². The van der Waals surface area contributed by atoms with Gasteiger partial charge in [-0.05, 0) is 18.2 Å². The third-order valence-electron chi connectivity index (χ3n) is 1.70. The molecule has 15 heavy (non-hydrogen) atoms. The molecule has 0 aliphatic heterocycles. The number of benzene rings is 1. The van der Waals surface area contributed by atoms with Crippen molar-refractivity contribution in [3.05, 3.63) is 35.1 Å². The molecule has 0 aliphatic rings. The fourth-order valence-electron chi connectivity index (χ4n) is 0.967. The average molecular weight is 222 g/mol. The van der Waals surface area contributed by atoms with Gasteiger partial charge in [0.05, 0.1) is 18.2 Å². The van der Waals surface area contributed by atoms with Crippen LogP contribution >= 0.6 is 0 Å². The molecule has 0 N–H and O–H groups in total.